The van der Waals surface area contributed by atoms with E-state index in [1.807, 2.05) is 38.2 Å². The molecule has 1 aromatic rings. The molecule has 0 aliphatic heterocycles. The highest BCUT2D eigenvalue weighted by atomic mass is 16.5. The van der Waals surface area contributed by atoms with E-state index in [1.54, 1.807) is 4.90 Å². The number of ether oxygens (including phenoxy) is 1. The molecule has 0 aliphatic rings. The maximum atomic E-state index is 11.8. The Balaban J connectivity index is 2.35. The van der Waals surface area contributed by atoms with Gasteiger partial charge in [0, 0.05) is 38.9 Å². The fourth-order valence-corrected chi connectivity index (χ4v) is 1.71. The van der Waals surface area contributed by atoms with Crippen LogP contribution < -0.4 is 5.73 Å². The van der Waals surface area contributed by atoms with Gasteiger partial charge in [0.25, 0.3) is 0 Å². The molecule has 18 heavy (non-hydrogen) atoms. The van der Waals surface area contributed by atoms with Crippen molar-refractivity contribution in [3.8, 4) is 0 Å². The minimum Gasteiger partial charge on any atom is -0.399 e. The molecule has 0 heterocycles. The summed E-state index contributed by atoms with van der Waals surface area (Å²) >= 11 is 0. The predicted octanol–water partition coefficient (Wildman–Crippen LogP) is 2.04. The Morgan fingerprint density at radius 1 is 1.44 bits per heavy atom. The van der Waals surface area contributed by atoms with E-state index in [9.17, 15) is 4.79 Å². The second-order valence-electron chi connectivity index (χ2n) is 4.30. The Bertz CT molecular complexity index is 380. The van der Waals surface area contributed by atoms with E-state index in [0.29, 0.717) is 26.2 Å². The summed E-state index contributed by atoms with van der Waals surface area (Å²) in [5.41, 5.74) is 7.48. The van der Waals surface area contributed by atoms with Gasteiger partial charge < -0.3 is 15.4 Å². The van der Waals surface area contributed by atoms with E-state index in [4.69, 9.17) is 10.5 Å². The number of nitrogens with two attached hydrogens (primary N) is 1. The lowest BCUT2D eigenvalue weighted by molar-refractivity contribution is -0.130. The first-order valence-electron chi connectivity index (χ1n) is 6.29. The third-order valence-corrected chi connectivity index (χ3v) is 2.68. The van der Waals surface area contributed by atoms with Gasteiger partial charge in [0.1, 0.15) is 0 Å². The second-order valence-corrected chi connectivity index (χ2v) is 4.30. The summed E-state index contributed by atoms with van der Waals surface area (Å²) in [5, 5.41) is 0. The van der Waals surface area contributed by atoms with Crippen LogP contribution in [0, 0.1) is 0 Å². The highest BCUT2D eigenvalue weighted by Gasteiger charge is 2.08. The first-order chi connectivity index (χ1) is 8.63. The average Bonchev–Trinajstić information content (AvgIpc) is 2.34. The molecule has 0 aromatic heterocycles. The van der Waals surface area contributed by atoms with Crippen molar-refractivity contribution in [3.05, 3.63) is 29.8 Å². The van der Waals surface area contributed by atoms with Crippen molar-refractivity contribution in [1.29, 1.82) is 0 Å². The molecule has 0 saturated heterocycles. The Hall–Kier alpha value is -1.55. The van der Waals surface area contributed by atoms with Crippen LogP contribution in [-0.2, 0) is 16.1 Å². The third-order valence-electron chi connectivity index (χ3n) is 2.68. The largest absolute Gasteiger partial charge is 0.399 e. The zero-order valence-corrected chi connectivity index (χ0v) is 11.2. The molecule has 0 saturated carbocycles. The molecule has 1 rings (SSSR count). The van der Waals surface area contributed by atoms with Crippen LogP contribution in [0.4, 0.5) is 5.69 Å². The van der Waals surface area contributed by atoms with E-state index in [0.717, 1.165) is 17.7 Å². The number of carbonyl (C=O) groups excluding carboxylic acids is 1. The zero-order valence-electron chi connectivity index (χ0n) is 11.2. The number of carbonyl (C=O) groups is 1. The van der Waals surface area contributed by atoms with Crippen LogP contribution in [0.1, 0.15) is 25.3 Å². The molecule has 0 aliphatic carbocycles. The molecule has 1 aromatic carbocycles. The fourth-order valence-electron chi connectivity index (χ4n) is 1.71. The van der Waals surface area contributed by atoms with Crippen LogP contribution in [0.5, 0.6) is 0 Å². The maximum absolute atomic E-state index is 11.8. The minimum atomic E-state index is 0.136. The molecule has 0 unspecified atom stereocenters. The summed E-state index contributed by atoms with van der Waals surface area (Å²) < 4.78 is 5.21. The van der Waals surface area contributed by atoms with E-state index < -0.39 is 0 Å². The smallest absolute Gasteiger partial charge is 0.222 e. The normalized spacial score (nSPS) is 10.3. The lowest BCUT2D eigenvalue weighted by Gasteiger charge is -2.17. The third kappa shape index (κ3) is 5.19. The van der Waals surface area contributed by atoms with Gasteiger partial charge in [-0.05, 0) is 31.0 Å². The van der Waals surface area contributed by atoms with E-state index in [-0.39, 0.29) is 5.91 Å². The van der Waals surface area contributed by atoms with Gasteiger partial charge in [-0.2, -0.15) is 0 Å². The Kier molecular flexibility index (Phi) is 6.22. The number of benzene rings is 1. The van der Waals surface area contributed by atoms with Crippen LogP contribution in [0.2, 0.25) is 0 Å². The molecule has 4 nitrogen and oxygen atoms in total. The summed E-state index contributed by atoms with van der Waals surface area (Å²) in [7, 11) is 1.81. The number of amides is 1. The zero-order chi connectivity index (χ0) is 13.4. The SMILES string of the molecule is CCOCCCC(=O)N(C)Cc1cccc(N)c1. The second kappa shape index (κ2) is 7.71. The first-order valence-corrected chi connectivity index (χ1v) is 6.29. The maximum Gasteiger partial charge on any atom is 0.222 e. The van der Waals surface area contributed by atoms with Crippen molar-refractivity contribution < 1.29 is 9.53 Å². The van der Waals surface area contributed by atoms with Gasteiger partial charge >= 0.3 is 0 Å². The molecule has 0 atom stereocenters. The molecule has 2 N–H and O–H groups in total. The lowest BCUT2D eigenvalue weighted by Crippen LogP contribution is -2.26. The lowest BCUT2D eigenvalue weighted by atomic mass is 10.2. The van der Waals surface area contributed by atoms with E-state index in [2.05, 4.69) is 0 Å². The molecule has 4 heteroatoms. The van der Waals surface area contributed by atoms with Crippen LogP contribution in [0.25, 0.3) is 0 Å². The quantitative estimate of drug-likeness (QED) is 0.595. The number of rotatable bonds is 7. The molecule has 0 radical (unpaired) electrons. The summed E-state index contributed by atoms with van der Waals surface area (Å²) in [6.45, 7) is 3.90. The molecular formula is C14H22N2O2. The van der Waals surface area contributed by atoms with Gasteiger partial charge in [0.05, 0.1) is 0 Å². The van der Waals surface area contributed by atoms with Crippen molar-refractivity contribution in [2.45, 2.75) is 26.3 Å². The Morgan fingerprint density at radius 3 is 2.89 bits per heavy atom. The molecule has 0 fully saturated rings. The summed E-state index contributed by atoms with van der Waals surface area (Å²) in [6.07, 6.45) is 1.30. The number of nitrogens with zero attached hydrogens (tertiary/aromatic N) is 1. The van der Waals surface area contributed by atoms with Gasteiger partial charge in [-0.25, -0.2) is 0 Å². The first kappa shape index (κ1) is 14.5. The number of hydrogen-bond acceptors (Lipinski definition) is 3. The van der Waals surface area contributed by atoms with Crippen molar-refractivity contribution in [2.75, 3.05) is 26.0 Å². The summed E-state index contributed by atoms with van der Waals surface area (Å²) in [4.78, 5) is 13.6. The van der Waals surface area contributed by atoms with E-state index in [1.165, 1.54) is 0 Å². The van der Waals surface area contributed by atoms with Crippen LogP contribution >= 0.6 is 0 Å². The van der Waals surface area contributed by atoms with Crippen molar-refractivity contribution >= 4 is 11.6 Å². The Morgan fingerprint density at radius 2 is 2.22 bits per heavy atom. The summed E-state index contributed by atoms with van der Waals surface area (Å²) in [5.74, 6) is 0.136. The average molecular weight is 250 g/mol. The van der Waals surface area contributed by atoms with Gasteiger partial charge in [-0.3, -0.25) is 4.79 Å². The van der Waals surface area contributed by atoms with Crippen molar-refractivity contribution in [3.63, 3.8) is 0 Å². The molecule has 0 bridgehead atoms. The van der Waals surface area contributed by atoms with Crippen molar-refractivity contribution in [1.82, 2.24) is 4.90 Å². The van der Waals surface area contributed by atoms with Crippen LogP contribution in [-0.4, -0.2) is 31.1 Å². The minimum absolute atomic E-state index is 0.136. The molecule has 1 amide bonds. The van der Waals surface area contributed by atoms with Gasteiger partial charge in [0.15, 0.2) is 0 Å². The van der Waals surface area contributed by atoms with Crippen LogP contribution in [0.3, 0.4) is 0 Å². The molecule has 0 spiro atoms. The van der Waals surface area contributed by atoms with Crippen LogP contribution in [0.15, 0.2) is 24.3 Å². The van der Waals surface area contributed by atoms with Gasteiger partial charge in [-0.1, -0.05) is 12.1 Å². The van der Waals surface area contributed by atoms with Crippen molar-refractivity contribution in [2.24, 2.45) is 0 Å². The predicted molar refractivity (Wildman–Crippen MR) is 73.1 cm³/mol. The molecular weight excluding hydrogens is 228 g/mol. The number of anilines is 1. The monoisotopic (exact) mass is 250 g/mol. The van der Waals surface area contributed by atoms with E-state index >= 15 is 0 Å². The Labute approximate surface area is 109 Å². The van der Waals surface area contributed by atoms with Gasteiger partial charge in [0.2, 0.25) is 5.91 Å². The molecule has 100 valence electrons. The van der Waals surface area contributed by atoms with Gasteiger partial charge in [-0.15, -0.1) is 0 Å². The fraction of sp³-hybridized carbons (Fsp3) is 0.500. The topological polar surface area (TPSA) is 55.6 Å². The highest BCUT2D eigenvalue weighted by molar-refractivity contribution is 5.75. The number of nitrogen functional groups attached to an aromatic ring is 1. The number of hydrogen-bond donors (Lipinski definition) is 1. The summed E-state index contributed by atoms with van der Waals surface area (Å²) in [6, 6.07) is 7.61. The highest BCUT2D eigenvalue weighted by Crippen LogP contribution is 2.09. The standard InChI is InChI=1S/C14H22N2O2/c1-3-18-9-5-8-14(17)16(2)11-12-6-4-7-13(15)10-12/h4,6-7,10H,3,5,8-9,11,15H2,1-2H3.